The lowest BCUT2D eigenvalue weighted by molar-refractivity contribution is 0.101. The maximum Gasteiger partial charge on any atom is 0.163 e. The van der Waals surface area contributed by atoms with Crippen molar-refractivity contribution in [3.8, 4) is 16.9 Å². The predicted molar refractivity (Wildman–Crippen MR) is 151 cm³/mol. The number of piperazine rings is 1. The van der Waals surface area contributed by atoms with E-state index >= 15 is 0 Å². The molecule has 2 aromatic heterocycles. The zero-order valence-corrected chi connectivity index (χ0v) is 22.4. The van der Waals surface area contributed by atoms with Crippen LogP contribution in [-0.2, 0) is 0 Å². The molecule has 9 heteroatoms. The smallest absolute Gasteiger partial charge is 0.163 e. The van der Waals surface area contributed by atoms with E-state index in [4.69, 9.17) is 23.2 Å². The SMILES string of the molecule is CC(=O)c1c(C)nc2ccc(-c3cc(Cl)c(O)c(Cl)c3)cc2c1Nc1ccc(N2CCN(C)CC2)nc1. The number of anilines is 3. The van der Waals surface area contributed by atoms with Gasteiger partial charge in [0.1, 0.15) is 5.82 Å². The first kappa shape index (κ1) is 25.3. The molecule has 1 fully saturated rings. The van der Waals surface area contributed by atoms with Gasteiger partial charge in [-0.2, -0.15) is 0 Å². The number of halogens is 2. The molecule has 0 amide bonds. The van der Waals surface area contributed by atoms with Crippen molar-refractivity contribution in [1.82, 2.24) is 14.9 Å². The van der Waals surface area contributed by atoms with E-state index in [2.05, 4.69) is 32.1 Å². The number of nitrogens with one attached hydrogen (secondary N) is 1. The van der Waals surface area contributed by atoms with Crippen LogP contribution in [0.2, 0.25) is 10.0 Å². The first-order chi connectivity index (χ1) is 17.7. The van der Waals surface area contributed by atoms with Gasteiger partial charge in [-0.05, 0) is 68.4 Å². The van der Waals surface area contributed by atoms with Gasteiger partial charge >= 0.3 is 0 Å². The number of aromatic hydroxyl groups is 1. The van der Waals surface area contributed by atoms with Gasteiger partial charge < -0.3 is 20.2 Å². The Bertz CT molecular complexity index is 1480. The Kier molecular flexibility index (Phi) is 6.94. The Labute approximate surface area is 225 Å². The zero-order valence-electron chi connectivity index (χ0n) is 20.8. The third-order valence-electron chi connectivity index (χ3n) is 6.71. The first-order valence-electron chi connectivity index (χ1n) is 12.0. The molecule has 1 aliphatic heterocycles. The van der Waals surface area contributed by atoms with Gasteiger partial charge in [0.05, 0.1) is 44.4 Å². The fourth-order valence-electron chi connectivity index (χ4n) is 4.69. The van der Waals surface area contributed by atoms with Crippen molar-refractivity contribution >= 4 is 57.1 Å². The molecule has 0 saturated carbocycles. The summed E-state index contributed by atoms with van der Waals surface area (Å²) in [5, 5.41) is 14.5. The number of likely N-dealkylation sites (N-methyl/N-ethyl adjacent to an activating group) is 1. The number of aromatic nitrogens is 2. The summed E-state index contributed by atoms with van der Waals surface area (Å²) in [6.07, 6.45) is 1.79. The summed E-state index contributed by atoms with van der Waals surface area (Å²) in [6, 6.07) is 13.1. The fraction of sp³-hybridized carbons (Fsp3) is 0.250. The second kappa shape index (κ2) is 10.2. The normalized spacial score (nSPS) is 14.2. The number of carbonyl (C=O) groups excluding carboxylic acids is 1. The van der Waals surface area contributed by atoms with E-state index in [1.807, 2.05) is 37.3 Å². The lowest BCUT2D eigenvalue weighted by atomic mass is 9.98. The summed E-state index contributed by atoms with van der Waals surface area (Å²) in [7, 11) is 2.13. The van der Waals surface area contributed by atoms with E-state index in [9.17, 15) is 9.90 Å². The van der Waals surface area contributed by atoms with Crippen molar-refractivity contribution in [3.63, 3.8) is 0 Å². The Morgan fingerprint density at radius 1 is 1.00 bits per heavy atom. The number of benzene rings is 2. The first-order valence-corrected chi connectivity index (χ1v) is 12.8. The molecular weight excluding hydrogens is 509 g/mol. The molecule has 1 aliphatic rings. The van der Waals surface area contributed by atoms with Gasteiger partial charge in [0.2, 0.25) is 0 Å². The second-order valence-electron chi connectivity index (χ2n) is 9.34. The summed E-state index contributed by atoms with van der Waals surface area (Å²) in [6.45, 7) is 7.26. The highest BCUT2D eigenvalue weighted by molar-refractivity contribution is 6.37. The minimum atomic E-state index is -0.154. The van der Waals surface area contributed by atoms with Crippen LogP contribution in [0.25, 0.3) is 22.0 Å². The molecule has 190 valence electrons. The van der Waals surface area contributed by atoms with E-state index in [1.165, 1.54) is 0 Å². The van der Waals surface area contributed by atoms with E-state index in [0.29, 0.717) is 16.9 Å². The van der Waals surface area contributed by atoms with Crippen molar-refractivity contribution in [1.29, 1.82) is 0 Å². The molecule has 5 rings (SSSR count). The fourth-order valence-corrected chi connectivity index (χ4v) is 5.17. The zero-order chi connectivity index (χ0) is 26.3. The minimum absolute atomic E-state index is 0.0856. The minimum Gasteiger partial charge on any atom is -0.505 e. The van der Waals surface area contributed by atoms with Gasteiger partial charge in [0, 0.05) is 31.6 Å². The number of aryl methyl sites for hydroxylation is 1. The number of pyridine rings is 2. The summed E-state index contributed by atoms with van der Waals surface area (Å²) < 4.78 is 0. The number of carbonyl (C=O) groups is 1. The molecule has 0 bridgehead atoms. The lowest BCUT2D eigenvalue weighted by Gasteiger charge is -2.33. The highest BCUT2D eigenvalue weighted by Gasteiger charge is 2.19. The molecule has 3 heterocycles. The molecule has 2 aromatic carbocycles. The lowest BCUT2D eigenvalue weighted by Crippen LogP contribution is -2.44. The Balaban J connectivity index is 1.56. The van der Waals surface area contributed by atoms with E-state index in [-0.39, 0.29) is 21.6 Å². The monoisotopic (exact) mass is 535 g/mol. The van der Waals surface area contributed by atoms with E-state index in [0.717, 1.165) is 59.7 Å². The number of phenolic OH excluding ortho intramolecular Hbond substituents is 1. The molecule has 0 radical (unpaired) electrons. The molecule has 2 N–H and O–H groups in total. The number of hydrogen-bond donors (Lipinski definition) is 2. The molecule has 0 spiro atoms. The predicted octanol–water partition coefficient (Wildman–Crippen LogP) is 6.32. The molecule has 7 nitrogen and oxygen atoms in total. The van der Waals surface area contributed by atoms with Gasteiger partial charge in [-0.3, -0.25) is 9.78 Å². The number of hydrogen-bond acceptors (Lipinski definition) is 7. The van der Waals surface area contributed by atoms with Gasteiger partial charge in [-0.15, -0.1) is 0 Å². The highest BCUT2D eigenvalue weighted by Crippen LogP contribution is 2.39. The summed E-state index contributed by atoms with van der Waals surface area (Å²) in [4.78, 5) is 26.7. The second-order valence-corrected chi connectivity index (χ2v) is 10.2. The van der Waals surface area contributed by atoms with E-state index < -0.39 is 0 Å². The van der Waals surface area contributed by atoms with Crippen molar-refractivity contribution in [2.75, 3.05) is 43.4 Å². The van der Waals surface area contributed by atoms with Crippen LogP contribution in [0.5, 0.6) is 5.75 Å². The molecule has 0 aliphatic carbocycles. The molecule has 1 saturated heterocycles. The Morgan fingerprint density at radius 2 is 1.70 bits per heavy atom. The third-order valence-corrected chi connectivity index (χ3v) is 7.29. The maximum atomic E-state index is 12.7. The van der Waals surface area contributed by atoms with Crippen LogP contribution in [0.1, 0.15) is 23.0 Å². The van der Waals surface area contributed by atoms with Gasteiger partial charge in [-0.25, -0.2) is 4.98 Å². The van der Waals surface area contributed by atoms with Crippen LogP contribution in [-0.4, -0.2) is 59.0 Å². The van der Waals surface area contributed by atoms with Crippen LogP contribution in [0.3, 0.4) is 0 Å². The van der Waals surface area contributed by atoms with Gasteiger partial charge in [0.15, 0.2) is 11.5 Å². The van der Waals surface area contributed by atoms with E-state index in [1.54, 1.807) is 25.3 Å². The molecular formula is C28H27Cl2N5O2. The Morgan fingerprint density at radius 3 is 2.32 bits per heavy atom. The van der Waals surface area contributed by atoms with Crippen LogP contribution in [0, 0.1) is 6.92 Å². The number of fused-ring (bicyclic) bond motifs is 1. The summed E-state index contributed by atoms with van der Waals surface area (Å²) in [5.74, 6) is 0.695. The molecule has 37 heavy (non-hydrogen) atoms. The average Bonchev–Trinajstić information content (AvgIpc) is 2.87. The van der Waals surface area contributed by atoms with Crippen LogP contribution in [0.4, 0.5) is 17.2 Å². The molecule has 0 unspecified atom stereocenters. The topological polar surface area (TPSA) is 81.6 Å². The van der Waals surface area contributed by atoms with Gasteiger partial charge in [-0.1, -0.05) is 29.3 Å². The number of ketones is 1. The maximum absolute atomic E-state index is 12.7. The number of Topliss-reactive ketones (excluding diaryl/α,β-unsaturated/α-hetero) is 1. The largest absolute Gasteiger partial charge is 0.505 e. The van der Waals surface area contributed by atoms with Crippen molar-refractivity contribution in [3.05, 3.63) is 70.0 Å². The Hall–Kier alpha value is -3.39. The number of rotatable bonds is 5. The third kappa shape index (κ3) is 5.07. The van der Waals surface area contributed by atoms with Gasteiger partial charge in [0.25, 0.3) is 0 Å². The van der Waals surface area contributed by atoms with Crippen LogP contribution >= 0.6 is 23.2 Å². The molecule has 0 atom stereocenters. The van der Waals surface area contributed by atoms with Crippen molar-refractivity contribution < 1.29 is 9.90 Å². The number of nitrogens with zero attached hydrogens (tertiary/aromatic N) is 4. The van der Waals surface area contributed by atoms with Crippen LogP contribution < -0.4 is 10.2 Å². The summed E-state index contributed by atoms with van der Waals surface area (Å²) in [5.41, 5.74) is 4.91. The summed E-state index contributed by atoms with van der Waals surface area (Å²) >= 11 is 12.3. The average molecular weight is 536 g/mol. The van der Waals surface area contributed by atoms with Crippen molar-refractivity contribution in [2.24, 2.45) is 0 Å². The molecule has 4 aromatic rings. The standard InChI is InChI=1S/C28H27Cl2N5O2/c1-16-26(17(2)36)27(33-20-5-7-25(31-15-20)35-10-8-34(3)9-11-35)21-12-18(4-6-24(21)32-16)19-13-22(29)28(37)23(30)14-19/h4-7,12-15,37H,8-11H2,1-3H3,(H,32,33). The quantitative estimate of drug-likeness (QED) is 0.289. The number of phenols is 1. The van der Waals surface area contributed by atoms with Crippen LogP contribution in [0.15, 0.2) is 48.7 Å². The van der Waals surface area contributed by atoms with Crippen molar-refractivity contribution in [2.45, 2.75) is 13.8 Å². The highest BCUT2D eigenvalue weighted by atomic mass is 35.5.